The summed E-state index contributed by atoms with van der Waals surface area (Å²) in [6.07, 6.45) is 9.83. The van der Waals surface area contributed by atoms with Crippen LogP contribution >= 0.6 is 0 Å². The predicted molar refractivity (Wildman–Crippen MR) is 148 cm³/mol. The largest absolute Gasteiger partial charge is 0.371 e. The Hall–Kier alpha value is -3.70. The van der Waals surface area contributed by atoms with Gasteiger partial charge >= 0.3 is 0 Å². The molecule has 190 valence electrons. The first-order chi connectivity index (χ1) is 18.2. The van der Waals surface area contributed by atoms with E-state index in [1.807, 2.05) is 34.9 Å². The maximum atomic E-state index is 13.2. The molecule has 1 aliphatic carbocycles. The first-order valence-electron chi connectivity index (χ1n) is 13.4. The van der Waals surface area contributed by atoms with Crippen LogP contribution in [0.25, 0.3) is 16.8 Å². The van der Waals surface area contributed by atoms with Crippen molar-refractivity contribution >= 4 is 5.91 Å². The Balaban J connectivity index is 1.23. The lowest BCUT2D eigenvalue weighted by molar-refractivity contribution is 0.0271. The molecule has 0 spiro atoms. The highest BCUT2D eigenvalue weighted by atomic mass is 16.5. The van der Waals surface area contributed by atoms with Crippen LogP contribution in [0, 0.1) is 0 Å². The van der Waals surface area contributed by atoms with Crippen LogP contribution in [0.4, 0.5) is 0 Å². The van der Waals surface area contributed by atoms with Gasteiger partial charge in [-0.1, -0.05) is 80.1 Å². The maximum Gasteiger partial charge on any atom is 0.270 e. The van der Waals surface area contributed by atoms with Crippen molar-refractivity contribution < 1.29 is 9.53 Å². The summed E-state index contributed by atoms with van der Waals surface area (Å²) in [7, 11) is 0. The molecule has 37 heavy (non-hydrogen) atoms. The van der Waals surface area contributed by atoms with Crippen LogP contribution in [0.1, 0.15) is 60.6 Å². The third kappa shape index (κ3) is 6.17. The van der Waals surface area contributed by atoms with Crippen molar-refractivity contribution in [2.75, 3.05) is 0 Å². The standard InChI is InChI=1S/C32H35N3O2/c1-2-3-8-24-13-15-26(16-14-24)27-17-19-28(20-18-27)35-23-33-21-30(35)32(36)34-29-11-7-12-31(29)37-22-25-9-5-4-6-10-25/h4-6,9-10,13-21,23,29,31H,2-3,7-8,11-12,22H2,1H3,(H,34,36)/t29-,31-/m0/s1. The van der Waals surface area contributed by atoms with Gasteiger partial charge in [0.15, 0.2) is 0 Å². The molecule has 0 saturated heterocycles. The average Bonchev–Trinajstić information content (AvgIpc) is 3.62. The van der Waals surface area contributed by atoms with Crippen molar-refractivity contribution in [3.8, 4) is 16.8 Å². The second kappa shape index (κ2) is 12.0. The number of hydrogen-bond donors (Lipinski definition) is 1. The van der Waals surface area contributed by atoms with Gasteiger partial charge in [-0.25, -0.2) is 4.98 Å². The Kier molecular flexibility index (Phi) is 8.11. The number of nitrogens with zero attached hydrogens (tertiary/aromatic N) is 2. The minimum absolute atomic E-state index is 0.00207. The molecule has 5 nitrogen and oxygen atoms in total. The Morgan fingerprint density at radius 3 is 2.41 bits per heavy atom. The monoisotopic (exact) mass is 493 g/mol. The first kappa shape index (κ1) is 25.0. The average molecular weight is 494 g/mol. The van der Waals surface area contributed by atoms with Crippen LogP contribution in [0.2, 0.25) is 0 Å². The highest BCUT2D eigenvalue weighted by Gasteiger charge is 2.30. The fourth-order valence-electron chi connectivity index (χ4n) is 5.04. The Bertz CT molecular complexity index is 1280. The van der Waals surface area contributed by atoms with Crippen LogP contribution in [0.3, 0.4) is 0 Å². The van der Waals surface area contributed by atoms with E-state index in [0.29, 0.717) is 12.3 Å². The predicted octanol–water partition coefficient (Wildman–Crippen LogP) is 6.75. The van der Waals surface area contributed by atoms with Gasteiger partial charge in [-0.3, -0.25) is 9.36 Å². The van der Waals surface area contributed by atoms with Crippen molar-refractivity contribution in [2.24, 2.45) is 0 Å². The number of imidazole rings is 1. The number of benzene rings is 3. The summed E-state index contributed by atoms with van der Waals surface area (Å²) >= 11 is 0. The molecule has 0 bridgehead atoms. The van der Waals surface area contributed by atoms with E-state index in [2.05, 4.69) is 65.8 Å². The van der Waals surface area contributed by atoms with Crippen LogP contribution < -0.4 is 5.32 Å². The fourth-order valence-corrected chi connectivity index (χ4v) is 5.04. The highest BCUT2D eigenvalue weighted by Crippen LogP contribution is 2.25. The number of nitrogens with one attached hydrogen (secondary N) is 1. The van der Waals surface area contributed by atoms with Crippen LogP contribution in [-0.2, 0) is 17.8 Å². The van der Waals surface area contributed by atoms with E-state index in [1.54, 1.807) is 12.5 Å². The third-order valence-corrected chi connectivity index (χ3v) is 7.20. The molecule has 1 aliphatic rings. The summed E-state index contributed by atoms with van der Waals surface area (Å²) < 4.78 is 8.03. The summed E-state index contributed by atoms with van der Waals surface area (Å²) in [6, 6.07) is 27.3. The van der Waals surface area contributed by atoms with Gasteiger partial charge in [-0.2, -0.15) is 0 Å². The number of hydrogen-bond acceptors (Lipinski definition) is 3. The Morgan fingerprint density at radius 1 is 0.946 bits per heavy atom. The molecule has 1 heterocycles. The van der Waals surface area contributed by atoms with Crippen LogP contribution in [0.15, 0.2) is 91.4 Å². The van der Waals surface area contributed by atoms with Gasteiger partial charge in [-0.05, 0) is 66.5 Å². The lowest BCUT2D eigenvalue weighted by atomic mass is 10.0. The normalized spacial score (nSPS) is 17.1. The molecule has 5 heteroatoms. The summed E-state index contributed by atoms with van der Waals surface area (Å²) in [5.41, 5.74) is 6.31. The molecule has 0 aliphatic heterocycles. The highest BCUT2D eigenvalue weighted by molar-refractivity contribution is 5.93. The topological polar surface area (TPSA) is 56.2 Å². The van der Waals surface area contributed by atoms with E-state index in [-0.39, 0.29) is 18.1 Å². The van der Waals surface area contributed by atoms with Gasteiger partial charge in [0.1, 0.15) is 5.69 Å². The summed E-state index contributed by atoms with van der Waals surface area (Å²) in [6.45, 7) is 2.78. The molecule has 1 fully saturated rings. The van der Waals surface area contributed by atoms with E-state index in [9.17, 15) is 4.79 Å². The molecule has 0 unspecified atom stereocenters. The minimum Gasteiger partial charge on any atom is -0.371 e. The van der Waals surface area contributed by atoms with E-state index in [4.69, 9.17) is 4.74 Å². The van der Waals surface area contributed by atoms with Crippen molar-refractivity contribution in [1.82, 2.24) is 14.9 Å². The molecule has 5 rings (SSSR count). The van der Waals surface area contributed by atoms with Crippen molar-refractivity contribution in [3.63, 3.8) is 0 Å². The number of ether oxygens (including phenoxy) is 1. The SMILES string of the molecule is CCCCc1ccc(-c2ccc(-n3cncc3C(=O)N[C@H]3CCC[C@@H]3OCc3ccccc3)cc2)cc1. The Labute approximate surface area is 219 Å². The summed E-state index contributed by atoms with van der Waals surface area (Å²) in [5, 5.41) is 3.21. The fraction of sp³-hybridized carbons (Fsp3) is 0.312. The number of aryl methyl sites for hydroxylation is 1. The molecular formula is C32H35N3O2. The number of unbranched alkanes of at least 4 members (excludes halogenated alkanes) is 1. The van der Waals surface area contributed by atoms with Gasteiger partial charge in [0.05, 0.1) is 31.3 Å². The number of carbonyl (C=O) groups excluding carboxylic acids is 1. The molecule has 3 aromatic carbocycles. The Morgan fingerprint density at radius 2 is 1.68 bits per heavy atom. The minimum atomic E-state index is -0.121. The molecule has 1 aromatic heterocycles. The van der Waals surface area contributed by atoms with Crippen molar-refractivity contribution in [1.29, 1.82) is 0 Å². The van der Waals surface area contributed by atoms with Crippen molar-refractivity contribution in [2.45, 2.75) is 64.2 Å². The van der Waals surface area contributed by atoms with E-state index in [1.165, 1.54) is 24.0 Å². The molecule has 1 amide bonds. The quantitative estimate of drug-likeness (QED) is 0.266. The van der Waals surface area contributed by atoms with E-state index >= 15 is 0 Å². The van der Waals surface area contributed by atoms with Crippen LogP contribution in [0.5, 0.6) is 0 Å². The van der Waals surface area contributed by atoms with Gasteiger partial charge in [-0.15, -0.1) is 0 Å². The van der Waals surface area contributed by atoms with Gasteiger partial charge in [0, 0.05) is 5.69 Å². The number of rotatable bonds is 10. The molecular weight excluding hydrogens is 458 g/mol. The zero-order valence-electron chi connectivity index (χ0n) is 21.5. The molecule has 0 radical (unpaired) electrons. The zero-order chi connectivity index (χ0) is 25.5. The summed E-state index contributed by atoms with van der Waals surface area (Å²) in [4.78, 5) is 17.5. The van der Waals surface area contributed by atoms with Gasteiger partial charge in [0.2, 0.25) is 0 Å². The second-order valence-corrected chi connectivity index (χ2v) is 9.84. The second-order valence-electron chi connectivity index (χ2n) is 9.84. The first-order valence-corrected chi connectivity index (χ1v) is 13.4. The maximum absolute atomic E-state index is 13.2. The number of amides is 1. The molecule has 1 N–H and O–H groups in total. The lowest BCUT2D eigenvalue weighted by Gasteiger charge is -2.22. The molecule has 2 atom stereocenters. The van der Waals surface area contributed by atoms with Gasteiger partial charge in [0.25, 0.3) is 5.91 Å². The van der Waals surface area contributed by atoms with E-state index < -0.39 is 0 Å². The van der Waals surface area contributed by atoms with Crippen LogP contribution in [-0.4, -0.2) is 27.6 Å². The molecule has 4 aromatic rings. The van der Waals surface area contributed by atoms with Crippen molar-refractivity contribution in [3.05, 3.63) is 108 Å². The molecule has 1 saturated carbocycles. The smallest absolute Gasteiger partial charge is 0.270 e. The van der Waals surface area contributed by atoms with E-state index in [0.717, 1.165) is 42.5 Å². The number of aromatic nitrogens is 2. The lowest BCUT2D eigenvalue weighted by Crippen LogP contribution is -2.41. The van der Waals surface area contributed by atoms with Gasteiger partial charge < -0.3 is 10.1 Å². The number of carbonyl (C=O) groups is 1. The zero-order valence-corrected chi connectivity index (χ0v) is 21.5. The third-order valence-electron chi connectivity index (χ3n) is 7.20. The summed E-state index contributed by atoms with van der Waals surface area (Å²) in [5.74, 6) is -0.121.